The summed E-state index contributed by atoms with van der Waals surface area (Å²) in [6, 6.07) is 8.57. The van der Waals surface area contributed by atoms with Crippen LogP contribution in [0.15, 0.2) is 54.3 Å². The number of nitrogens with one attached hydrogen (secondary N) is 1. The normalized spacial score (nSPS) is 21.9. The fraction of sp³-hybridized carbons (Fsp3) is 0.483. The molecular weight excluding hydrogens is 507 g/mol. The average molecular weight is 542 g/mol. The van der Waals surface area contributed by atoms with Crippen LogP contribution in [0.2, 0.25) is 0 Å². The molecule has 0 radical (unpaired) electrons. The number of halogens is 3. The quantitative estimate of drug-likeness (QED) is 0.610. The van der Waals surface area contributed by atoms with Gasteiger partial charge in [0.2, 0.25) is 5.91 Å². The molecule has 1 fully saturated rings. The zero-order valence-electron chi connectivity index (χ0n) is 22.2. The maximum atomic E-state index is 14.1. The molecule has 3 heterocycles. The van der Waals surface area contributed by atoms with E-state index in [1.54, 1.807) is 18.0 Å². The Balaban J connectivity index is 1.45. The van der Waals surface area contributed by atoms with Gasteiger partial charge in [-0.15, -0.1) is 0 Å². The number of benzene rings is 1. The number of likely N-dealkylation sites (N-methyl/N-ethyl adjacent to an activating group) is 1. The Labute approximate surface area is 226 Å². The second kappa shape index (κ2) is 11.0. The minimum Gasteiger partial charge on any atom is -0.333 e. The molecule has 1 aliphatic carbocycles. The van der Waals surface area contributed by atoms with Crippen LogP contribution in [0.5, 0.6) is 0 Å². The number of aryl methyl sites for hydroxylation is 2. The van der Waals surface area contributed by atoms with Crippen LogP contribution in [-0.2, 0) is 28.7 Å². The van der Waals surface area contributed by atoms with E-state index >= 15 is 0 Å². The van der Waals surface area contributed by atoms with Crippen molar-refractivity contribution in [3.63, 3.8) is 0 Å². The van der Waals surface area contributed by atoms with E-state index in [9.17, 15) is 22.8 Å². The molecule has 39 heavy (non-hydrogen) atoms. The van der Waals surface area contributed by atoms with Crippen LogP contribution in [0.1, 0.15) is 54.2 Å². The van der Waals surface area contributed by atoms with E-state index in [0.29, 0.717) is 0 Å². The molecule has 7 nitrogen and oxygen atoms in total. The van der Waals surface area contributed by atoms with Crippen molar-refractivity contribution in [1.29, 1.82) is 0 Å². The molecule has 2 unspecified atom stereocenters. The number of allylic oxidation sites excluding steroid dienone is 2. The smallest absolute Gasteiger partial charge is 0.333 e. The lowest BCUT2D eigenvalue weighted by Gasteiger charge is -2.41. The van der Waals surface area contributed by atoms with Crippen molar-refractivity contribution in [1.82, 2.24) is 24.9 Å². The molecule has 1 N–H and O–H groups in total. The third kappa shape index (κ3) is 5.52. The Kier molecular flexibility index (Phi) is 7.66. The number of nitrogens with zero attached hydrogens (tertiary/aromatic N) is 4. The number of carbonyl (C=O) groups is 2. The standard InChI is InChI=1S/C29H34F3N5O2/c1-19-17-26(29(30,31)32)34-36(19)18-27(38)37-23(21-13-15-33-16-14-21)10-6-12-25(37)28(39)35(2)24-11-5-8-20-7-3-4-9-22(20)24/h3-4,6-7,9-10,12,17,21,23-24,33H,5,8,11,13-16,18H2,1-2H3. The Morgan fingerprint density at radius 1 is 1.15 bits per heavy atom. The monoisotopic (exact) mass is 541 g/mol. The van der Waals surface area contributed by atoms with Gasteiger partial charge in [0.15, 0.2) is 5.69 Å². The highest BCUT2D eigenvalue weighted by atomic mass is 19.4. The van der Waals surface area contributed by atoms with Gasteiger partial charge in [0.05, 0.1) is 12.1 Å². The number of hydrogen-bond acceptors (Lipinski definition) is 4. The SMILES string of the molecule is Cc1cc(C(F)(F)F)nn1CC(=O)N1C(C(=O)N(C)C2CCCc3ccccc32)=CC=CC1C1CCNCC1. The number of fused-ring (bicyclic) bond motifs is 1. The summed E-state index contributed by atoms with van der Waals surface area (Å²) in [7, 11) is 1.77. The third-order valence-electron chi connectivity index (χ3n) is 8.16. The predicted octanol–water partition coefficient (Wildman–Crippen LogP) is 4.40. The molecule has 2 atom stereocenters. The number of hydrogen-bond donors (Lipinski definition) is 1. The summed E-state index contributed by atoms with van der Waals surface area (Å²) < 4.78 is 40.9. The second-order valence-electron chi connectivity index (χ2n) is 10.6. The molecule has 1 aromatic carbocycles. The molecule has 3 aliphatic rings. The molecule has 2 amide bonds. The number of piperidine rings is 1. The maximum Gasteiger partial charge on any atom is 0.435 e. The van der Waals surface area contributed by atoms with E-state index in [4.69, 9.17) is 0 Å². The first-order valence-corrected chi connectivity index (χ1v) is 13.5. The number of amides is 2. The highest BCUT2D eigenvalue weighted by Crippen LogP contribution is 2.36. The summed E-state index contributed by atoms with van der Waals surface area (Å²) in [5.74, 6) is -0.616. The van der Waals surface area contributed by atoms with Gasteiger partial charge in [0.25, 0.3) is 5.91 Å². The second-order valence-corrected chi connectivity index (χ2v) is 10.6. The Hall–Kier alpha value is -3.40. The van der Waals surface area contributed by atoms with Crippen LogP contribution in [0.4, 0.5) is 13.2 Å². The van der Waals surface area contributed by atoms with Gasteiger partial charge in [-0.05, 0) is 81.3 Å². The average Bonchev–Trinajstić information content (AvgIpc) is 3.32. The van der Waals surface area contributed by atoms with Crippen molar-refractivity contribution < 1.29 is 22.8 Å². The molecule has 1 saturated heterocycles. The molecule has 0 bridgehead atoms. The molecule has 5 rings (SSSR count). The highest BCUT2D eigenvalue weighted by molar-refractivity contribution is 5.98. The van der Waals surface area contributed by atoms with Crippen molar-refractivity contribution in [2.75, 3.05) is 20.1 Å². The van der Waals surface area contributed by atoms with Gasteiger partial charge in [-0.3, -0.25) is 19.2 Å². The van der Waals surface area contributed by atoms with Crippen LogP contribution in [0.3, 0.4) is 0 Å². The Morgan fingerprint density at radius 2 is 1.90 bits per heavy atom. The highest BCUT2D eigenvalue weighted by Gasteiger charge is 2.39. The van der Waals surface area contributed by atoms with E-state index in [2.05, 4.69) is 22.5 Å². The zero-order chi connectivity index (χ0) is 27.7. The minimum absolute atomic E-state index is 0.119. The Bertz CT molecular complexity index is 1290. The number of rotatable bonds is 5. The van der Waals surface area contributed by atoms with Gasteiger partial charge in [0, 0.05) is 12.7 Å². The number of carbonyl (C=O) groups excluding carboxylic acids is 2. The molecule has 10 heteroatoms. The summed E-state index contributed by atoms with van der Waals surface area (Å²) in [4.78, 5) is 31.1. The van der Waals surface area contributed by atoms with Gasteiger partial charge < -0.3 is 10.2 Å². The summed E-state index contributed by atoms with van der Waals surface area (Å²) in [6.07, 6.45) is 5.19. The van der Waals surface area contributed by atoms with E-state index in [1.165, 1.54) is 17.4 Å². The maximum absolute atomic E-state index is 14.1. The summed E-state index contributed by atoms with van der Waals surface area (Å²) in [6.45, 7) is 2.70. The van der Waals surface area contributed by atoms with E-state index in [0.717, 1.165) is 61.5 Å². The molecule has 208 valence electrons. The first-order chi connectivity index (χ1) is 18.6. The van der Waals surface area contributed by atoms with Crippen molar-refractivity contribution in [3.8, 4) is 0 Å². The molecule has 0 spiro atoms. The third-order valence-corrected chi connectivity index (χ3v) is 8.16. The Morgan fingerprint density at radius 3 is 2.62 bits per heavy atom. The first-order valence-electron chi connectivity index (χ1n) is 13.5. The summed E-state index contributed by atoms with van der Waals surface area (Å²) in [5.41, 5.74) is 1.78. The lowest BCUT2D eigenvalue weighted by molar-refractivity contribution is -0.142. The van der Waals surface area contributed by atoms with Crippen LogP contribution in [-0.4, -0.2) is 57.6 Å². The van der Waals surface area contributed by atoms with Gasteiger partial charge in [0.1, 0.15) is 12.2 Å². The van der Waals surface area contributed by atoms with Gasteiger partial charge in [-0.1, -0.05) is 36.4 Å². The van der Waals surface area contributed by atoms with E-state index in [1.807, 2.05) is 24.3 Å². The molecule has 2 aromatic rings. The summed E-state index contributed by atoms with van der Waals surface area (Å²) >= 11 is 0. The van der Waals surface area contributed by atoms with Gasteiger partial charge in [-0.25, -0.2) is 0 Å². The fourth-order valence-electron chi connectivity index (χ4n) is 6.08. The minimum atomic E-state index is -4.61. The van der Waals surface area contributed by atoms with Crippen molar-refractivity contribution >= 4 is 11.8 Å². The van der Waals surface area contributed by atoms with E-state index < -0.39 is 24.3 Å². The summed E-state index contributed by atoms with van der Waals surface area (Å²) in [5, 5.41) is 6.99. The van der Waals surface area contributed by atoms with Crippen molar-refractivity contribution in [3.05, 3.63) is 76.8 Å². The number of aromatic nitrogens is 2. The topological polar surface area (TPSA) is 70.5 Å². The molecule has 1 aromatic heterocycles. The first kappa shape index (κ1) is 27.2. The number of alkyl halides is 3. The van der Waals surface area contributed by atoms with Crippen molar-refractivity contribution in [2.24, 2.45) is 5.92 Å². The largest absolute Gasteiger partial charge is 0.435 e. The van der Waals surface area contributed by atoms with Gasteiger partial charge in [-0.2, -0.15) is 18.3 Å². The molecule has 2 aliphatic heterocycles. The van der Waals surface area contributed by atoms with Crippen LogP contribution >= 0.6 is 0 Å². The van der Waals surface area contributed by atoms with Crippen LogP contribution in [0, 0.1) is 12.8 Å². The van der Waals surface area contributed by atoms with Gasteiger partial charge >= 0.3 is 6.18 Å². The fourth-order valence-corrected chi connectivity index (χ4v) is 6.08. The van der Waals surface area contributed by atoms with Crippen molar-refractivity contribution in [2.45, 2.75) is 63.8 Å². The van der Waals surface area contributed by atoms with Crippen LogP contribution < -0.4 is 5.32 Å². The zero-order valence-corrected chi connectivity index (χ0v) is 22.2. The lowest BCUT2D eigenvalue weighted by atomic mass is 9.86. The predicted molar refractivity (Wildman–Crippen MR) is 140 cm³/mol. The van der Waals surface area contributed by atoms with Crippen LogP contribution in [0.25, 0.3) is 0 Å². The lowest BCUT2D eigenvalue weighted by Crippen LogP contribution is -2.51. The molecule has 0 saturated carbocycles. The van der Waals surface area contributed by atoms with E-state index in [-0.39, 0.29) is 35.3 Å². The molecular formula is C29H34F3N5O2.